The fraction of sp³-hybridized carbons (Fsp3) is 0.533. The van der Waals surface area contributed by atoms with E-state index < -0.39 is 17.8 Å². The number of nitrogens with zero attached hydrogens (tertiary/aromatic N) is 4. The van der Waals surface area contributed by atoms with Gasteiger partial charge in [-0.2, -0.15) is 0 Å². The topological polar surface area (TPSA) is 51.0 Å². The lowest BCUT2D eigenvalue weighted by Crippen LogP contribution is -2.33. The summed E-state index contributed by atoms with van der Waals surface area (Å²) in [5, 5.41) is 0. The quantitative estimate of drug-likeness (QED) is 0.856. The standard InChI is InChI=1S/C15H16F2N4O/c1-8(2)21-7-19-12-3-9(4-18-13(12)21)14(22)20-5-10-11(6-20)15(10,16)17/h3-4,7-8,10-11H,5-6H2,1-2H3. The van der Waals surface area contributed by atoms with Crippen LogP contribution in [0.15, 0.2) is 18.6 Å². The number of likely N-dealkylation sites (tertiary alicyclic amines) is 1. The fourth-order valence-electron chi connectivity index (χ4n) is 3.27. The molecule has 22 heavy (non-hydrogen) atoms. The van der Waals surface area contributed by atoms with Crippen LogP contribution in [0.4, 0.5) is 8.78 Å². The molecule has 1 saturated carbocycles. The molecule has 0 radical (unpaired) electrons. The molecule has 1 saturated heterocycles. The smallest absolute Gasteiger partial charge is 0.258 e. The van der Waals surface area contributed by atoms with E-state index in [4.69, 9.17) is 0 Å². The predicted molar refractivity (Wildman–Crippen MR) is 75.7 cm³/mol. The van der Waals surface area contributed by atoms with Crippen LogP contribution in [0, 0.1) is 11.8 Å². The second-order valence-electron chi connectivity index (χ2n) is 6.41. The summed E-state index contributed by atoms with van der Waals surface area (Å²) < 4.78 is 28.3. The summed E-state index contributed by atoms with van der Waals surface area (Å²) in [5.74, 6) is -4.13. The van der Waals surface area contributed by atoms with Crippen LogP contribution in [0.25, 0.3) is 11.2 Å². The zero-order valence-electron chi connectivity index (χ0n) is 12.3. The minimum Gasteiger partial charge on any atom is -0.338 e. The number of fused-ring (bicyclic) bond motifs is 2. The zero-order valence-corrected chi connectivity index (χ0v) is 12.3. The van der Waals surface area contributed by atoms with Crippen molar-refractivity contribution in [2.24, 2.45) is 11.8 Å². The molecule has 1 amide bonds. The molecule has 2 aromatic heterocycles. The van der Waals surface area contributed by atoms with Gasteiger partial charge in [-0.15, -0.1) is 0 Å². The summed E-state index contributed by atoms with van der Waals surface area (Å²) in [6, 6.07) is 1.91. The molecule has 116 valence electrons. The highest BCUT2D eigenvalue weighted by atomic mass is 19.3. The van der Waals surface area contributed by atoms with Crippen molar-refractivity contribution in [1.82, 2.24) is 19.4 Å². The SMILES string of the molecule is CC(C)n1cnc2cc(C(=O)N3CC4C(C3)C4(F)F)cnc21. The number of carbonyl (C=O) groups is 1. The Labute approximate surface area is 125 Å². The van der Waals surface area contributed by atoms with Crippen LogP contribution in [0.1, 0.15) is 30.2 Å². The Hall–Kier alpha value is -2.05. The summed E-state index contributed by atoms with van der Waals surface area (Å²) in [6.45, 7) is 4.32. The molecule has 1 aliphatic heterocycles. The average Bonchev–Trinajstić information content (AvgIpc) is 2.94. The number of carbonyl (C=O) groups excluding carboxylic acids is 1. The van der Waals surface area contributed by atoms with E-state index in [-0.39, 0.29) is 25.0 Å². The molecular formula is C15H16F2N4O. The number of amides is 1. The Bertz CT molecular complexity index is 756. The van der Waals surface area contributed by atoms with Crippen molar-refractivity contribution in [3.05, 3.63) is 24.2 Å². The van der Waals surface area contributed by atoms with Crippen molar-refractivity contribution < 1.29 is 13.6 Å². The maximum Gasteiger partial charge on any atom is 0.258 e. The highest BCUT2D eigenvalue weighted by Gasteiger charge is 2.72. The number of pyridine rings is 1. The fourth-order valence-corrected chi connectivity index (χ4v) is 3.27. The van der Waals surface area contributed by atoms with Crippen LogP contribution in [0.2, 0.25) is 0 Å². The third kappa shape index (κ3) is 1.77. The van der Waals surface area contributed by atoms with Crippen molar-refractivity contribution in [3.63, 3.8) is 0 Å². The van der Waals surface area contributed by atoms with E-state index in [1.807, 2.05) is 18.4 Å². The minimum atomic E-state index is -2.57. The van der Waals surface area contributed by atoms with E-state index in [9.17, 15) is 13.6 Å². The van der Waals surface area contributed by atoms with Crippen LogP contribution in [-0.2, 0) is 0 Å². The van der Waals surface area contributed by atoms with E-state index in [2.05, 4.69) is 9.97 Å². The molecule has 2 aliphatic rings. The molecule has 4 rings (SSSR count). The van der Waals surface area contributed by atoms with Crippen molar-refractivity contribution in [2.45, 2.75) is 25.8 Å². The maximum atomic E-state index is 13.2. The number of piperidine rings is 1. The minimum absolute atomic E-state index is 0.134. The van der Waals surface area contributed by atoms with Gasteiger partial charge in [-0.25, -0.2) is 18.7 Å². The van der Waals surface area contributed by atoms with E-state index in [1.165, 1.54) is 11.1 Å². The number of hydrogen-bond acceptors (Lipinski definition) is 3. The first-order chi connectivity index (χ1) is 10.4. The normalized spacial score (nSPS) is 25.8. The predicted octanol–water partition coefficient (Wildman–Crippen LogP) is 2.35. The van der Waals surface area contributed by atoms with Crippen molar-refractivity contribution in [2.75, 3.05) is 13.1 Å². The van der Waals surface area contributed by atoms with Crippen LogP contribution in [0.5, 0.6) is 0 Å². The number of imidazole rings is 1. The number of rotatable bonds is 2. The Morgan fingerprint density at radius 1 is 1.32 bits per heavy atom. The third-order valence-corrected chi connectivity index (χ3v) is 4.70. The van der Waals surface area contributed by atoms with Crippen LogP contribution in [-0.4, -0.2) is 44.4 Å². The molecule has 0 N–H and O–H groups in total. The molecule has 5 nitrogen and oxygen atoms in total. The summed E-state index contributed by atoms with van der Waals surface area (Å²) in [4.78, 5) is 22.5. The Morgan fingerprint density at radius 3 is 2.64 bits per heavy atom. The van der Waals surface area contributed by atoms with Crippen molar-refractivity contribution in [1.29, 1.82) is 0 Å². The lowest BCUT2D eigenvalue weighted by molar-refractivity contribution is 0.0458. The Morgan fingerprint density at radius 2 is 2.00 bits per heavy atom. The number of aromatic nitrogens is 3. The molecule has 0 spiro atoms. The van der Waals surface area contributed by atoms with Gasteiger partial charge < -0.3 is 9.47 Å². The lowest BCUT2D eigenvalue weighted by atomic mass is 10.2. The van der Waals surface area contributed by atoms with E-state index >= 15 is 0 Å². The first-order valence-electron chi connectivity index (χ1n) is 7.39. The van der Waals surface area contributed by atoms with Gasteiger partial charge in [0.05, 0.1) is 23.7 Å². The van der Waals surface area contributed by atoms with Crippen molar-refractivity contribution in [3.8, 4) is 0 Å². The first-order valence-corrected chi connectivity index (χ1v) is 7.39. The molecule has 2 unspecified atom stereocenters. The maximum absolute atomic E-state index is 13.2. The number of halogens is 2. The van der Waals surface area contributed by atoms with Crippen LogP contribution < -0.4 is 0 Å². The van der Waals surface area contributed by atoms with E-state index in [1.54, 1.807) is 12.4 Å². The summed E-state index contributed by atoms with van der Waals surface area (Å²) in [5.41, 5.74) is 1.78. The molecule has 2 fully saturated rings. The monoisotopic (exact) mass is 306 g/mol. The first kappa shape index (κ1) is 13.6. The summed E-state index contributed by atoms with van der Waals surface area (Å²) in [6.07, 6.45) is 3.20. The van der Waals surface area contributed by atoms with Gasteiger partial charge in [-0.1, -0.05) is 0 Å². The van der Waals surface area contributed by atoms with Gasteiger partial charge >= 0.3 is 0 Å². The zero-order chi connectivity index (χ0) is 15.6. The third-order valence-electron chi connectivity index (χ3n) is 4.70. The molecule has 1 aliphatic carbocycles. The molecule has 0 aromatic carbocycles. The van der Waals surface area contributed by atoms with Crippen LogP contribution >= 0.6 is 0 Å². The summed E-state index contributed by atoms with van der Waals surface area (Å²) >= 11 is 0. The number of alkyl halides is 2. The van der Waals surface area contributed by atoms with Gasteiger partial charge in [-0.05, 0) is 19.9 Å². The van der Waals surface area contributed by atoms with Gasteiger partial charge in [0.15, 0.2) is 5.65 Å². The molecular weight excluding hydrogens is 290 g/mol. The van der Waals surface area contributed by atoms with Gasteiger partial charge in [-0.3, -0.25) is 4.79 Å². The van der Waals surface area contributed by atoms with Crippen molar-refractivity contribution >= 4 is 17.1 Å². The van der Waals surface area contributed by atoms with Crippen LogP contribution in [0.3, 0.4) is 0 Å². The highest BCUT2D eigenvalue weighted by Crippen LogP contribution is 2.59. The van der Waals surface area contributed by atoms with Gasteiger partial charge in [0, 0.05) is 25.3 Å². The van der Waals surface area contributed by atoms with Gasteiger partial charge in [0.1, 0.15) is 5.52 Å². The second-order valence-corrected chi connectivity index (χ2v) is 6.41. The molecule has 2 atom stereocenters. The Balaban J connectivity index is 1.58. The molecule has 2 aromatic rings. The average molecular weight is 306 g/mol. The number of hydrogen-bond donors (Lipinski definition) is 0. The summed E-state index contributed by atoms with van der Waals surface area (Å²) in [7, 11) is 0. The molecule has 7 heteroatoms. The molecule has 0 bridgehead atoms. The van der Waals surface area contributed by atoms with E-state index in [0.29, 0.717) is 11.1 Å². The Kier molecular flexibility index (Phi) is 2.62. The van der Waals surface area contributed by atoms with Gasteiger partial charge in [0.2, 0.25) is 0 Å². The second kappa shape index (κ2) is 4.24. The van der Waals surface area contributed by atoms with Gasteiger partial charge in [0.25, 0.3) is 11.8 Å². The lowest BCUT2D eigenvalue weighted by Gasteiger charge is -2.19. The largest absolute Gasteiger partial charge is 0.338 e. The highest BCUT2D eigenvalue weighted by molar-refractivity contribution is 5.96. The van der Waals surface area contributed by atoms with E-state index in [0.717, 1.165) is 5.65 Å². The molecule has 3 heterocycles.